The van der Waals surface area contributed by atoms with E-state index < -0.39 is 0 Å². The lowest BCUT2D eigenvalue weighted by Gasteiger charge is -2.06. The van der Waals surface area contributed by atoms with E-state index in [-0.39, 0.29) is 0 Å². The van der Waals surface area contributed by atoms with Crippen LogP contribution < -0.4 is 5.73 Å². The van der Waals surface area contributed by atoms with E-state index in [9.17, 15) is 0 Å². The van der Waals surface area contributed by atoms with Gasteiger partial charge in [-0.3, -0.25) is 0 Å². The molecule has 78 valence electrons. The van der Waals surface area contributed by atoms with Gasteiger partial charge in [-0.05, 0) is 52.7 Å². The molecule has 4 heteroatoms. The fraction of sp³-hybridized carbons (Fsp3) is 0.0909. The highest BCUT2D eigenvalue weighted by Crippen LogP contribution is 2.37. The molecule has 2 aromatic rings. The lowest BCUT2D eigenvalue weighted by molar-refractivity contribution is 1.45. The van der Waals surface area contributed by atoms with E-state index in [1.165, 1.54) is 4.88 Å². The van der Waals surface area contributed by atoms with Crippen LogP contribution in [-0.2, 0) is 0 Å². The summed E-state index contributed by atoms with van der Waals surface area (Å²) in [5, 5.41) is 0. The molecule has 0 aliphatic rings. The van der Waals surface area contributed by atoms with Crippen molar-refractivity contribution in [3.8, 4) is 10.4 Å². The third-order valence-electron chi connectivity index (χ3n) is 2.19. The average molecular weight is 347 g/mol. The molecular weight excluding hydrogens is 338 g/mol. The molecule has 15 heavy (non-hydrogen) atoms. The summed E-state index contributed by atoms with van der Waals surface area (Å²) in [5.74, 6) is 0. The Labute approximate surface area is 110 Å². The van der Waals surface area contributed by atoms with Crippen LogP contribution in [-0.4, -0.2) is 0 Å². The minimum atomic E-state index is 0.831. The quantitative estimate of drug-likeness (QED) is 0.735. The van der Waals surface area contributed by atoms with Gasteiger partial charge in [0.2, 0.25) is 0 Å². The summed E-state index contributed by atoms with van der Waals surface area (Å²) in [4.78, 5) is 1.21. The first-order valence-electron chi connectivity index (χ1n) is 4.39. The fourth-order valence-electron chi connectivity index (χ4n) is 1.34. The van der Waals surface area contributed by atoms with Gasteiger partial charge < -0.3 is 5.73 Å². The molecule has 0 radical (unpaired) electrons. The van der Waals surface area contributed by atoms with Crippen molar-refractivity contribution in [2.24, 2.45) is 0 Å². The number of rotatable bonds is 1. The molecule has 1 nitrogen and oxygen atoms in total. The van der Waals surface area contributed by atoms with Gasteiger partial charge >= 0.3 is 0 Å². The van der Waals surface area contributed by atoms with Crippen molar-refractivity contribution in [2.45, 2.75) is 6.92 Å². The van der Waals surface area contributed by atoms with Gasteiger partial charge in [-0.15, -0.1) is 11.3 Å². The molecule has 0 amide bonds. The highest BCUT2D eigenvalue weighted by atomic mass is 79.9. The lowest BCUT2D eigenvalue weighted by atomic mass is 10.1. The van der Waals surface area contributed by atoms with Crippen LogP contribution >= 0.6 is 43.2 Å². The molecule has 0 fully saturated rings. The van der Waals surface area contributed by atoms with Gasteiger partial charge in [-0.1, -0.05) is 15.9 Å². The van der Waals surface area contributed by atoms with Crippen molar-refractivity contribution >= 4 is 48.9 Å². The van der Waals surface area contributed by atoms with Crippen LogP contribution in [0.4, 0.5) is 5.69 Å². The van der Waals surface area contributed by atoms with E-state index in [0.717, 1.165) is 25.1 Å². The Hall–Kier alpha value is -0.320. The fourth-order valence-corrected chi connectivity index (χ4v) is 3.56. The van der Waals surface area contributed by atoms with Crippen molar-refractivity contribution < 1.29 is 0 Å². The zero-order chi connectivity index (χ0) is 11.0. The number of benzene rings is 1. The van der Waals surface area contributed by atoms with E-state index in [1.54, 1.807) is 11.3 Å². The highest BCUT2D eigenvalue weighted by molar-refractivity contribution is 9.11. The third kappa shape index (κ3) is 2.27. The summed E-state index contributed by atoms with van der Waals surface area (Å²) >= 11 is 8.72. The normalized spacial score (nSPS) is 10.6. The Morgan fingerprint density at radius 2 is 1.93 bits per heavy atom. The van der Waals surface area contributed by atoms with Crippen LogP contribution in [0.2, 0.25) is 0 Å². The number of halogens is 2. The second kappa shape index (κ2) is 4.28. The van der Waals surface area contributed by atoms with Crippen LogP contribution in [0, 0.1) is 6.92 Å². The summed E-state index contributed by atoms with van der Waals surface area (Å²) in [6.45, 7) is 2.01. The Morgan fingerprint density at radius 1 is 1.20 bits per heavy atom. The minimum absolute atomic E-state index is 0.831. The predicted molar refractivity (Wildman–Crippen MR) is 74.3 cm³/mol. The number of hydrogen-bond donors (Lipinski definition) is 1. The first kappa shape index (κ1) is 11.2. The van der Waals surface area contributed by atoms with E-state index in [1.807, 2.05) is 19.1 Å². The molecular formula is C11H9Br2NS. The predicted octanol–water partition coefficient (Wildman–Crippen LogP) is 4.83. The molecule has 0 saturated heterocycles. The molecule has 0 spiro atoms. The Kier molecular flexibility index (Phi) is 3.19. The maximum absolute atomic E-state index is 5.91. The van der Waals surface area contributed by atoms with Crippen molar-refractivity contribution in [3.05, 3.63) is 38.1 Å². The van der Waals surface area contributed by atoms with E-state index in [2.05, 4.69) is 44.0 Å². The van der Waals surface area contributed by atoms with Crippen molar-refractivity contribution in [1.29, 1.82) is 0 Å². The van der Waals surface area contributed by atoms with Gasteiger partial charge in [0.15, 0.2) is 0 Å². The molecule has 0 aliphatic carbocycles. The van der Waals surface area contributed by atoms with Crippen LogP contribution in [0.1, 0.15) is 5.56 Å². The summed E-state index contributed by atoms with van der Waals surface area (Å²) in [6.07, 6.45) is 0. The van der Waals surface area contributed by atoms with Crippen LogP contribution in [0.25, 0.3) is 10.4 Å². The molecule has 0 unspecified atom stereocenters. The van der Waals surface area contributed by atoms with Gasteiger partial charge in [0.05, 0.1) is 3.79 Å². The number of thiophene rings is 1. The van der Waals surface area contributed by atoms with Crippen molar-refractivity contribution in [2.75, 3.05) is 5.73 Å². The number of anilines is 1. The Bertz CT molecular complexity index is 505. The number of nitrogens with two attached hydrogens (primary N) is 1. The average Bonchev–Trinajstić information content (AvgIpc) is 2.58. The van der Waals surface area contributed by atoms with Crippen molar-refractivity contribution in [3.63, 3.8) is 0 Å². The molecule has 0 saturated carbocycles. The molecule has 2 rings (SSSR count). The second-order valence-electron chi connectivity index (χ2n) is 3.29. The minimum Gasteiger partial charge on any atom is -0.398 e. The topological polar surface area (TPSA) is 26.0 Å². The Balaban J connectivity index is 2.58. The monoisotopic (exact) mass is 345 g/mol. The molecule has 0 bridgehead atoms. The van der Waals surface area contributed by atoms with E-state index in [0.29, 0.717) is 0 Å². The van der Waals surface area contributed by atoms with Crippen LogP contribution in [0.15, 0.2) is 32.5 Å². The van der Waals surface area contributed by atoms with Gasteiger partial charge in [0, 0.05) is 20.6 Å². The number of hydrogen-bond acceptors (Lipinski definition) is 2. The maximum Gasteiger partial charge on any atom is 0.0705 e. The maximum atomic E-state index is 5.91. The smallest absolute Gasteiger partial charge is 0.0705 e. The first-order valence-corrected chi connectivity index (χ1v) is 6.79. The van der Waals surface area contributed by atoms with Crippen LogP contribution in [0.5, 0.6) is 0 Å². The standard InChI is InChI=1S/C11H9Br2NS/c1-6-4-8(12)7(5-9(6)14)10-2-3-11(13)15-10/h2-5H,14H2,1H3. The Morgan fingerprint density at radius 3 is 2.53 bits per heavy atom. The zero-order valence-electron chi connectivity index (χ0n) is 8.05. The molecule has 1 aromatic carbocycles. The lowest BCUT2D eigenvalue weighted by Crippen LogP contribution is -1.90. The molecule has 0 aliphatic heterocycles. The number of nitrogen functional groups attached to an aromatic ring is 1. The van der Waals surface area contributed by atoms with Gasteiger partial charge in [-0.2, -0.15) is 0 Å². The molecule has 2 N–H and O–H groups in total. The van der Waals surface area contributed by atoms with Gasteiger partial charge in [0.25, 0.3) is 0 Å². The van der Waals surface area contributed by atoms with Gasteiger partial charge in [0.1, 0.15) is 0 Å². The summed E-state index contributed by atoms with van der Waals surface area (Å²) in [5.41, 5.74) is 8.98. The molecule has 1 heterocycles. The number of aryl methyl sites for hydroxylation is 1. The largest absolute Gasteiger partial charge is 0.398 e. The van der Waals surface area contributed by atoms with Gasteiger partial charge in [-0.25, -0.2) is 0 Å². The zero-order valence-corrected chi connectivity index (χ0v) is 12.0. The summed E-state index contributed by atoms with van der Waals surface area (Å²) in [6, 6.07) is 8.20. The highest BCUT2D eigenvalue weighted by Gasteiger charge is 2.08. The van der Waals surface area contributed by atoms with Crippen molar-refractivity contribution in [1.82, 2.24) is 0 Å². The van der Waals surface area contributed by atoms with E-state index in [4.69, 9.17) is 5.73 Å². The van der Waals surface area contributed by atoms with Crippen LogP contribution in [0.3, 0.4) is 0 Å². The third-order valence-corrected chi connectivity index (χ3v) is 4.51. The summed E-state index contributed by atoms with van der Waals surface area (Å²) < 4.78 is 2.21. The summed E-state index contributed by atoms with van der Waals surface area (Å²) in [7, 11) is 0. The first-order chi connectivity index (χ1) is 7.08. The van der Waals surface area contributed by atoms with E-state index >= 15 is 0 Å². The molecule has 1 aromatic heterocycles. The molecule has 0 atom stereocenters. The second-order valence-corrected chi connectivity index (χ2v) is 6.61. The SMILES string of the molecule is Cc1cc(Br)c(-c2ccc(Br)s2)cc1N.